The minimum absolute atomic E-state index is 0.351. The smallest absolute Gasteiger partial charge is 0.161 e. The summed E-state index contributed by atoms with van der Waals surface area (Å²) in [6, 6.07) is 8.20. The van der Waals surface area contributed by atoms with Crippen molar-refractivity contribution in [3.8, 4) is 11.5 Å². The summed E-state index contributed by atoms with van der Waals surface area (Å²) in [5.41, 5.74) is 0. The van der Waals surface area contributed by atoms with Gasteiger partial charge in [-0.3, -0.25) is 0 Å². The van der Waals surface area contributed by atoms with Crippen LogP contribution in [0.4, 0.5) is 0 Å². The standard InChI is InChI=1S/C15H25NO2/c1-4-10-16-13(3)12-18-15-9-7-6-8-14(15)17-11-5-2/h6-9,13,16H,4-5,10-12H2,1-3H3. The molecule has 1 unspecified atom stereocenters. The fourth-order valence-corrected chi connectivity index (χ4v) is 1.57. The van der Waals surface area contributed by atoms with E-state index in [4.69, 9.17) is 9.47 Å². The lowest BCUT2D eigenvalue weighted by molar-refractivity contribution is 0.246. The topological polar surface area (TPSA) is 30.5 Å². The minimum Gasteiger partial charge on any atom is -0.490 e. The molecule has 0 aromatic heterocycles. The Morgan fingerprint density at radius 2 is 1.72 bits per heavy atom. The Bertz CT molecular complexity index is 328. The maximum atomic E-state index is 5.81. The summed E-state index contributed by atoms with van der Waals surface area (Å²) in [4.78, 5) is 0. The van der Waals surface area contributed by atoms with Gasteiger partial charge in [0, 0.05) is 6.04 Å². The SMILES string of the molecule is CCCNC(C)COc1ccccc1OCCC. The van der Waals surface area contributed by atoms with E-state index in [2.05, 4.69) is 26.1 Å². The van der Waals surface area contributed by atoms with Crippen molar-refractivity contribution in [1.82, 2.24) is 5.32 Å². The lowest BCUT2D eigenvalue weighted by atomic mass is 10.3. The van der Waals surface area contributed by atoms with Crippen LogP contribution in [0.1, 0.15) is 33.6 Å². The highest BCUT2D eigenvalue weighted by atomic mass is 16.5. The van der Waals surface area contributed by atoms with Crippen molar-refractivity contribution in [3.05, 3.63) is 24.3 Å². The van der Waals surface area contributed by atoms with Crippen LogP contribution in [0.5, 0.6) is 11.5 Å². The monoisotopic (exact) mass is 251 g/mol. The van der Waals surface area contributed by atoms with Crippen LogP contribution in [0.2, 0.25) is 0 Å². The predicted octanol–water partition coefficient (Wildman–Crippen LogP) is 3.24. The van der Waals surface area contributed by atoms with Crippen molar-refractivity contribution in [3.63, 3.8) is 0 Å². The molecule has 0 aliphatic heterocycles. The summed E-state index contributed by atoms with van der Waals surface area (Å²) in [6.07, 6.45) is 2.14. The van der Waals surface area contributed by atoms with Gasteiger partial charge in [0.1, 0.15) is 6.61 Å². The summed E-state index contributed by atoms with van der Waals surface area (Å²) < 4.78 is 11.5. The molecule has 102 valence electrons. The summed E-state index contributed by atoms with van der Waals surface area (Å²) in [5, 5.41) is 3.40. The van der Waals surface area contributed by atoms with E-state index < -0.39 is 0 Å². The predicted molar refractivity (Wildman–Crippen MR) is 75.5 cm³/mol. The molecule has 18 heavy (non-hydrogen) atoms. The second-order valence-electron chi connectivity index (χ2n) is 4.46. The van der Waals surface area contributed by atoms with E-state index in [0.717, 1.165) is 37.5 Å². The van der Waals surface area contributed by atoms with E-state index in [1.54, 1.807) is 0 Å². The highest BCUT2D eigenvalue weighted by molar-refractivity contribution is 5.39. The molecule has 1 aromatic carbocycles. The molecule has 0 aliphatic carbocycles. The molecule has 1 atom stereocenters. The van der Waals surface area contributed by atoms with Crippen LogP contribution in [0.15, 0.2) is 24.3 Å². The molecule has 0 bridgehead atoms. The zero-order valence-electron chi connectivity index (χ0n) is 11.7. The van der Waals surface area contributed by atoms with Crippen LogP contribution < -0.4 is 14.8 Å². The molecule has 0 amide bonds. The second kappa shape index (κ2) is 8.81. The van der Waals surface area contributed by atoms with Crippen molar-refractivity contribution in [2.45, 2.75) is 39.7 Å². The maximum absolute atomic E-state index is 5.81. The molecule has 3 nitrogen and oxygen atoms in total. The molecule has 0 saturated carbocycles. The third kappa shape index (κ3) is 5.41. The van der Waals surface area contributed by atoms with E-state index in [-0.39, 0.29) is 0 Å². The lowest BCUT2D eigenvalue weighted by Crippen LogP contribution is -2.32. The van der Waals surface area contributed by atoms with E-state index in [9.17, 15) is 0 Å². The summed E-state index contributed by atoms with van der Waals surface area (Å²) in [7, 11) is 0. The molecule has 1 N–H and O–H groups in total. The first-order valence-electron chi connectivity index (χ1n) is 6.85. The largest absolute Gasteiger partial charge is 0.490 e. The Kier molecular flexibility index (Phi) is 7.26. The number of ether oxygens (including phenoxy) is 2. The van der Waals surface area contributed by atoms with Crippen LogP contribution in [0, 0.1) is 0 Å². The molecule has 1 rings (SSSR count). The van der Waals surface area contributed by atoms with Crippen molar-refractivity contribution in [2.75, 3.05) is 19.8 Å². The first-order chi connectivity index (χ1) is 8.77. The first-order valence-corrected chi connectivity index (χ1v) is 6.85. The number of hydrogen-bond donors (Lipinski definition) is 1. The fraction of sp³-hybridized carbons (Fsp3) is 0.600. The normalized spacial score (nSPS) is 12.2. The van der Waals surface area contributed by atoms with E-state index in [1.165, 1.54) is 0 Å². The third-order valence-electron chi connectivity index (χ3n) is 2.54. The Morgan fingerprint density at radius 3 is 2.33 bits per heavy atom. The number of para-hydroxylation sites is 2. The van der Waals surface area contributed by atoms with Crippen molar-refractivity contribution in [2.24, 2.45) is 0 Å². The van der Waals surface area contributed by atoms with Crippen molar-refractivity contribution in [1.29, 1.82) is 0 Å². The van der Waals surface area contributed by atoms with Gasteiger partial charge in [0.15, 0.2) is 11.5 Å². The molecule has 3 heteroatoms. The highest BCUT2D eigenvalue weighted by Crippen LogP contribution is 2.26. The molecular formula is C15H25NO2. The van der Waals surface area contributed by atoms with Gasteiger partial charge in [0.25, 0.3) is 0 Å². The van der Waals surface area contributed by atoms with E-state index in [1.807, 2.05) is 24.3 Å². The van der Waals surface area contributed by atoms with Gasteiger partial charge >= 0.3 is 0 Å². The average Bonchev–Trinajstić information content (AvgIpc) is 2.41. The zero-order chi connectivity index (χ0) is 13.2. The molecule has 1 aromatic rings. The summed E-state index contributed by atoms with van der Waals surface area (Å²) in [5.74, 6) is 1.66. The summed E-state index contributed by atoms with van der Waals surface area (Å²) in [6.45, 7) is 8.80. The number of nitrogens with one attached hydrogen (secondary N) is 1. The van der Waals surface area contributed by atoms with E-state index >= 15 is 0 Å². The highest BCUT2D eigenvalue weighted by Gasteiger charge is 2.06. The Morgan fingerprint density at radius 1 is 1.06 bits per heavy atom. The Balaban J connectivity index is 2.45. The van der Waals surface area contributed by atoms with Gasteiger partial charge in [-0.2, -0.15) is 0 Å². The van der Waals surface area contributed by atoms with Crippen LogP contribution in [0.3, 0.4) is 0 Å². The van der Waals surface area contributed by atoms with Crippen LogP contribution >= 0.6 is 0 Å². The van der Waals surface area contributed by atoms with Gasteiger partial charge in [0.2, 0.25) is 0 Å². The van der Waals surface area contributed by atoms with Crippen LogP contribution in [-0.4, -0.2) is 25.8 Å². The Labute approximate surface area is 110 Å². The molecule has 0 saturated heterocycles. The van der Waals surface area contributed by atoms with Crippen LogP contribution in [-0.2, 0) is 0 Å². The number of rotatable bonds is 9. The molecule has 0 spiro atoms. The van der Waals surface area contributed by atoms with Gasteiger partial charge in [-0.1, -0.05) is 26.0 Å². The van der Waals surface area contributed by atoms with Crippen molar-refractivity contribution < 1.29 is 9.47 Å². The van der Waals surface area contributed by atoms with Gasteiger partial charge in [-0.15, -0.1) is 0 Å². The lowest BCUT2D eigenvalue weighted by Gasteiger charge is -2.16. The summed E-state index contributed by atoms with van der Waals surface area (Å²) >= 11 is 0. The quantitative estimate of drug-likeness (QED) is 0.731. The van der Waals surface area contributed by atoms with Gasteiger partial charge < -0.3 is 14.8 Å². The minimum atomic E-state index is 0.351. The second-order valence-corrected chi connectivity index (χ2v) is 4.46. The molecule has 0 aliphatic rings. The van der Waals surface area contributed by atoms with E-state index in [0.29, 0.717) is 12.6 Å². The zero-order valence-corrected chi connectivity index (χ0v) is 11.7. The number of hydrogen-bond acceptors (Lipinski definition) is 3. The van der Waals surface area contributed by atoms with Gasteiger partial charge in [-0.05, 0) is 38.4 Å². The molecular weight excluding hydrogens is 226 g/mol. The molecule has 0 heterocycles. The van der Waals surface area contributed by atoms with Crippen LogP contribution in [0.25, 0.3) is 0 Å². The third-order valence-corrected chi connectivity index (χ3v) is 2.54. The molecule has 0 fully saturated rings. The van der Waals surface area contributed by atoms with Gasteiger partial charge in [0.05, 0.1) is 6.61 Å². The average molecular weight is 251 g/mol. The first kappa shape index (κ1) is 14.8. The fourth-order valence-electron chi connectivity index (χ4n) is 1.57. The number of benzene rings is 1. The van der Waals surface area contributed by atoms with Gasteiger partial charge in [-0.25, -0.2) is 0 Å². The Hall–Kier alpha value is -1.22. The maximum Gasteiger partial charge on any atom is 0.161 e. The molecule has 0 radical (unpaired) electrons. The van der Waals surface area contributed by atoms with Crippen molar-refractivity contribution >= 4 is 0 Å².